The number of aromatic nitrogens is 1. The summed E-state index contributed by atoms with van der Waals surface area (Å²) in [6.07, 6.45) is -2.55. The van der Waals surface area contributed by atoms with Gasteiger partial charge in [-0.15, -0.1) is 0 Å². The number of carboxylic acid groups (broad SMARTS) is 1. The Balaban J connectivity index is 2.17. The molecule has 0 bridgehead atoms. The minimum atomic E-state index is -4.57. The molecule has 25 heavy (non-hydrogen) atoms. The van der Waals surface area contributed by atoms with Crippen molar-refractivity contribution in [3.63, 3.8) is 0 Å². The number of halogens is 4. The third-order valence-corrected chi connectivity index (χ3v) is 4.79. The number of amides is 1. The monoisotopic (exact) mass is 410 g/mol. The molecule has 11 heteroatoms. The van der Waals surface area contributed by atoms with Crippen LogP contribution in [0, 0.1) is 0 Å². The summed E-state index contributed by atoms with van der Waals surface area (Å²) in [5, 5.41) is 8.38. The van der Waals surface area contributed by atoms with Crippen LogP contribution in [0.25, 0.3) is 6.08 Å². The Morgan fingerprint density at radius 2 is 2.16 bits per heavy atom. The van der Waals surface area contributed by atoms with E-state index in [1.807, 2.05) is 0 Å². The normalized spacial score (nSPS) is 16.8. The quantitative estimate of drug-likeness (QED) is 0.587. The zero-order chi connectivity index (χ0) is 18.8. The number of alkyl halides is 3. The van der Waals surface area contributed by atoms with Crippen LogP contribution in [0.4, 0.5) is 13.2 Å². The Bertz CT molecular complexity index is 768. The van der Waals surface area contributed by atoms with Gasteiger partial charge in [-0.1, -0.05) is 35.6 Å². The van der Waals surface area contributed by atoms with Gasteiger partial charge in [0, 0.05) is 19.2 Å². The smallest absolute Gasteiger partial charge is 0.417 e. The van der Waals surface area contributed by atoms with Crippen molar-refractivity contribution < 1.29 is 27.9 Å². The van der Waals surface area contributed by atoms with Crippen LogP contribution in [0.15, 0.2) is 17.2 Å². The highest BCUT2D eigenvalue weighted by Gasteiger charge is 2.33. The number of pyridine rings is 1. The van der Waals surface area contributed by atoms with Crippen LogP contribution in [-0.2, 0) is 15.8 Å². The van der Waals surface area contributed by atoms with Crippen LogP contribution in [0.1, 0.15) is 24.1 Å². The molecule has 1 amide bonds. The maximum Gasteiger partial charge on any atom is 0.417 e. The predicted molar refractivity (Wildman–Crippen MR) is 91.0 cm³/mol. The highest BCUT2D eigenvalue weighted by atomic mass is 35.5. The summed E-state index contributed by atoms with van der Waals surface area (Å²) >= 11 is 11.8. The van der Waals surface area contributed by atoms with E-state index in [1.165, 1.54) is 11.0 Å². The van der Waals surface area contributed by atoms with Gasteiger partial charge in [0.2, 0.25) is 0 Å². The number of rotatable bonds is 5. The first-order valence-electron chi connectivity index (χ1n) is 6.79. The van der Waals surface area contributed by atoms with Gasteiger partial charge in [0.25, 0.3) is 5.91 Å². The summed E-state index contributed by atoms with van der Waals surface area (Å²) in [6.45, 7) is 0.141. The number of nitrogens with zero attached hydrogens (tertiary/aromatic N) is 2. The largest absolute Gasteiger partial charge is 0.481 e. The Kier molecular flexibility index (Phi) is 6.07. The maximum atomic E-state index is 12.6. The molecule has 1 aromatic rings. The van der Waals surface area contributed by atoms with Crippen molar-refractivity contribution in [2.24, 2.45) is 0 Å². The predicted octanol–water partition coefficient (Wildman–Crippen LogP) is 3.82. The lowest BCUT2D eigenvalue weighted by atomic mass is 10.2. The zero-order valence-electron chi connectivity index (χ0n) is 12.3. The molecule has 1 saturated heterocycles. The average Bonchev–Trinajstić information content (AvgIpc) is 2.75. The van der Waals surface area contributed by atoms with Crippen molar-refractivity contribution in [1.29, 1.82) is 0 Å². The molecule has 0 spiro atoms. The van der Waals surface area contributed by atoms with E-state index < -0.39 is 23.6 Å². The van der Waals surface area contributed by atoms with Crippen molar-refractivity contribution in [2.45, 2.75) is 19.0 Å². The highest BCUT2D eigenvalue weighted by molar-refractivity contribution is 8.26. The Morgan fingerprint density at radius 1 is 1.48 bits per heavy atom. The highest BCUT2D eigenvalue weighted by Crippen LogP contribution is 2.35. The summed E-state index contributed by atoms with van der Waals surface area (Å²) in [5.41, 5.74) is -0.975. The Labute approximate surface area is 154 Å². The maximum absolute atomic E-state index is 12.6. The molecular weight excluding hydrogens is 401 g/mol. The molecule has 1 N–H and O–H groups in total. The molecule has 0 aromatic carbocycles. The van der Waals surface area contributed by atoms with Crippen molar-refractivity contribution >= 4 is 57.9 Å². The van der Waals surface area contributed by atoms with Crippen LogP contribution in [0.3, 0.4) is 0 Å². The molecule has 1 aliphatic rings. The summed E-state index contributed by atoms with van der Waals surface area (Å²) in [5.74, 6) is -1.44. The van der Waals surface area contributed by atoms with Gasteiger partial charge in [-0.05, 0) is 18.6 Å². The van der Waals surface area contributed by atoms with E-state index in [0.717, 1.165) is 17.8 Å². The molecule has 0 aliphatic carbocycles. The third kappa shape index (κ3) is 4.93. The van der Waals surface area contributed by atoms with E-state index in [2.05, 4.69) is 4.98 Å². The number of carbonyl (C=O) groups excluding carboxylic acids is 1. The van der Waals surface area contributed by atoms with Crippen molar-refractivity contribution in [3.05, 3.63) is 33.4 Å². The van der Waals surface area contributed by atoms with Gasteiger partial charge < -0.3 is 5.11 Å². The van der Waals surface area contributed by atoms with E-state index in [1.54, 1.807) is 0 Å². The number of thiocarbonyl (C=S) groups is 1. The molecule has 134 valence electrons. The fraction of sp³-hybridized carbons (Fsp3) is 0.286. The summed E-state index contributed by atoms with van der Waals surface area (Å²) in [4.78, 5) is 27.9. The molecule has 0 unspecified atom stereocenters. The van der Waals surface area contributed by atoms with E-state index in [-0.39, 0.29) is 39.3 Å². The van der Waals surface area contributed by atoms with Crippen LogP contribution >= 0.6 is 35.6 Å². The molecule has 2 rings (SSSR count). The average molecular weight is 411 g/mol. The molecule has 1 aliphatic heterocycles. The zero-order valence-corrected chi connectivity index (χ0v) is 14.7. The Morgan fingerprint density at radius 3 is 2.72 bits per heavy atom. The SMILES string of the molecule is O=C(O)CCCN1C(=O)/C(=C/c2ncc(C(F)(F)F)cc2Cl)SC1=S. The second kappa shape index (κ2) is 7.71. The lowest BCUT2D eigenvalue weighted by Gasteiger charge is -2.13. The van der Waals surface area contributed by atoms with E-state index in [9.17, 15) is 22.8 Å². The minimum absolute atomic E-state index is 0.0145. The standard InChI is InChI=1S/C14H10ClF3N2O3S2/c15-8-4-7(14(16,17)18)6-19-9(8)5-10-12(23)20(13(24)25-10)3-1-2-11(21)22/h4-6H,1-3H2,(H,21,22)/b10-5-. The first-order valence-corrected chi connectivity index (χ1v) is 8.40. The fourth-order valence-electron chi connectivity index (χ4n) is 1.92. The van der Waals surface area contributed by atoms with Crippen LogP contribution in [-0.4, -0.2) is 37.7 Å². The van der Waals surface area contributed by atoms with Crippen molar-refractivity contribution in [1.82, 2.24) is 9.88 Å². The second-order valence-electron chi connectivity index (χ2n) is 4.92. The Hall–Kier alpha value is -1.65. The molecular formula is C14H10ClF3N2O3S2. The molecule has 2 heterocycles. The molecule has 1 fully saturated rings. The number of carboxylic acids is 1. The van der Waals surface area contributed by atoms with Gasteiger partial charge in [0.1, 0.15) is 4.32 Å². The minimum Gasteiger partial charge on any atom is -0.481 e. The molecule has 0 saturated carbocycles. The van der Waals surface area contributed by atoms with E-state index >= 15 is 0 Å². The van der Waals surface area contributed by atoms with Crippen molar-refractivity contribution in [3.8, 4) is 0 Å². The first kappa shape index (κ1) is 19.7. The summed E-state index contributed by atoms with van der Waals surface area (Å²) in [7, 11) is 0. The van der Waals surface area contributed by atoms with Gasteiger partial charge in [0.15, 0.2) is 0 Å². The van der Waals surface area contributed by atoms with E-state index in [0.29, 0.717) is 6.20 Å². The second-order valence-corrected chi connectivity index (χ2v) is 7.00. The molecule has 0 radical (unpaired) electrons. The lowest BCUT2D eigenvalue weighted by molar-refractivity contribution is -0.138. The van der Waals surface area contributed by atoms with Crippen LogP contribution < -0.4 is 0 Å². The number of thioether (sulfide) groups is 1. The fourth-order valence-corrected chi connectivity index (χ4v) is 3.42. The van der Waals surface area contributed by atoms with Crippen LogP contribution in [0.2, 0.25) is 5.02 Å². The van der Waals surface area contributed by atoms with E-state index in [4.69, 9.17) is 28.9 Å². The van der Waals surface area contributed by atoms with Gasteiger partial charge in [-0.25, -0.2) is 0 Å². The van der Waals surface area contributed by atoms with Crippen molar-refractivity contribution in [2.75, 3.05) is 6.54 Å². The van der Waals surface area contributed by atoms with Gasteiger partial charge >= 0.3 is 12.1 Å². The number of aliphatic carboxylic acids is 1. The molecule has 0 atom stereocenters. The van der Waals surface area contributed by atoms with Gasteiger partial charge in [-0.2, -0.15) is 13.2 Å². The summed E-state index contributed by atoms with van der Waals surface area (Å²) < 4.78 is 38.1. The lowest BCUT2D eigenvalue weighted by Crippen LogP contribution is -2.29. The van der Waals surface area contributed by atoms with Crippen LogP contribution in [0.5, 0.6) is 0 Å². The number of hydrogen-bond donors (Lipinski definition) is 1. The molecule has 5 nitrogen and oxygen atoms in total. The first-order chi connectivity index (χ1) is 11.6. The topological polar surface area (TPSA) is 70.5 Å². The summed E-state index contributed by atoms with van der Waals surface area (Å²) in [6, 6.07) is 0.730. The molecule has 1 aromatic heterocycles. The third-order valence-electron chi connectivity index (χ3n) is 3.11. The van der Waals surface area contributed by atoms with Gasteiger partial charge in [-0.3, -0.25) is 19.5 Å². The number of hydrogen-bond acceptors (Lipinski definition) is 5. The number of carbonyl (C=O) groups is 2. The van der Waals surface area contributed by atoms with Gasteiger partial charge in [0.05, 0.1) is 21.2 Å².